The van der Waals surface area contributed by atoms with Gasteiger partial charge in [-0.15, -0.1) is 0 Å². The average Bonchev–Trinajstić information content (AvgIpc) is 3.51. The molecule has 8 rings (SSSR count). The van der Waals surface area contributed by atoms with Crippen molar-refractivity contribution < 1.29 is 0 Å². The first-order valence-electron chi connectivity index (χ1n) is 14.0. The normalized spacial score (nSPS) is 14.8. The summed E-state index contributed by atoms with van der Waals surface area (Å²) in [5.41, 5.74) is 9.46. The Hall–Kier alpha value is -5.26. The van der Waals surface area contributed by atoms with Gasteiger partial charge in [0, 0.05) is 45.5 Å². The molecule has 2 aliphatic rings. The topological polar surface area (TPSA) is 13.0 Å². The zero-order valence-corrected chi connectivity index (χ0v) is 23.5. The largest absolute Gasteiger partial charge is 0.442 e. The Labute approximate surface area is 241 Å². The van der Waals surface area contributed by atoms with Gasteiger partial charge in [0.1, 0.15) is 0 Å². The van der Waals surface area contributed by atoms with Crippen molar-refractivity contribution in [3.63, 3.8) is 0 Å². The molecular weight excluding hydrogens is 517 g/mol. The summed E-state index contributed by atoms with van der Waals surface area (Å²) in [6, 6.07) is 61.3. The Balaban J connectivity index is 1.57. The smallest absolute Gasteiger partial charge is 0.308 e. The number of hydrogen-bond acceptors (Lipinski definition) is 4. The summed E-state index contributed by atoms with van der Waals surface area (Å²) in [7, 11) is -3.23. The minimum atomic E-state index is -3.23. The molecule has 0 aliphatic carbocycles. The predicted octanol–water partition coefficient (Wildman–Crippen LogP) is 9.40. The van der Waals surface area contributed by atoms with E-state index in [1.54, 1.807) is 0 Å². The molecule has 0 saturated carbocycles. The van der Waals surface area contributed by atoms with Gasteiger partial charge in [-0.1, -0.05) is 97.1 Å². The van der Waals surface area contributed by atoms with Crippen LogP contribution in [0, 0.1) is 0 Å². The van der Waals surface area contributed by atoms with Crippen LogP contribution in [0.15, 0.2) is 170 Å². The summed E-state index contributed by atoms with van der Waals surface area (Å²) in [6.45, 7) is 0. The predicted molar refractivity (Wildman–Crippen MR) is 173 cm³/mol. The molecule has 197 valence electrons. The second kappa shape index (κ2) is 9.43. The van der Waals surface area contributed by atoms with E-state index in [1.807, 2.05) is 0 Å². The van der Waals surface area contributed by atoms with E-state index < -0.39 is 8.72 Å². The van der Waals surface area contributed by atoms with Crippen LogP contribution in [-0.4, -0.2) is 8.72 Å². The summed E-state index contributed by atoms with van der Waals surface area (Å²) < 4.78 is 10.5. The third-order valence-corrected chi connectivity index (χ3v) is 12.4. The summed E-state index contributed by atoms with van der Waals surface area (Å²) in [5.74, 6) is 0. The van der Waals surface area contributed by atoms with E-state index >= 15 is 0 Å². The lowest BCUT2D eigenvalue weighted by Crippen LogP contribution is -2.76. The molecule has 0 amide bonds. The molecule has 0 aromatic heterocycles. The summed E-state index contributed by atoms with van der Waals surface area (Å²) >= 11 is 0. The van der Waals surface area contributed by atoms with Gasteiger partial charge in [-0.3, -0.25) is 0 Å². The van der Waals surface area contributed by atoms with Crippen LogP contribution in [0.4, 0.5) is 45.5 Å². The van der Waals surface area contributed by atoms with Crippen LogP contribution < -0.4 is 18.3 Å². The van der Waals surface area contributed by atoms with E-state index in [2.05, 4.69) is 188 Å². The maximum atomic E-state index is 2.63. The first-order valence-corrected chi connectivity index (χ1v) is 15.8. The third-order valence-electron chi connectivity index (χ3n) is 7.98. The fourth-order valence-corrected chi connectivity index (χ4v) is 11.7. The number of para-hydroxylation sites is 8. The molecular formula is C36H28N4Si-. The van der Waals surface area contributed by atoms with Gasteiger partial charge < -0.3 is 18.3 Å². The Bertz CT molecular complexity index is 1540. The van der Waals surface area contributed by atoms with Crippen molar-refractivity contribution in [2.45, 2.75) is 0 Å². The zero-order valence-electron chi connectivity index (χ0n) is 22.5. The highest BCUT2D eigenvalue weighted by atomic mass is 28.4. The molecule has 41 heavy (non-hydrogen) atoms. The Morgan fingerprint density at radius 1 is 0.244 bits per heavy atom. The van der Waals surface area contributed by atoms with E-state index in [0.717, 1.165) is 0 Å². The monoisotopic (exact) mass is 544 g/mol. The lowest BCUT2D eigenvalue weighted by atomic mass is 10.2. The number of hydrogen-bond donors (Lipinski definition) is 0. The first kappa shape index (κ1) is 23.6. The van der Waals surface area contributed by atoms with Crippen LogP contribution >= 0.6 is 0 Å². The van der Waals surface area contributed by atoms with Gasteiger partial charge in [-0.25, -0.2) is 0 Å². The number of benzene rings is 6. The average molecular weight is 545 g/mol. The molecule has 6 aromatic carbocycles. The van der Waals surface area contributed by atoms with E-state index in [9.17, 15) is 0 Å². The highest BCUT2D eigenvalue weighted by Crippen LogP contribution is 2.61. The lowest BCUT2D eigenvalue weighted by Gasteiger charge is -2.61. The van der Waals surface area contributed by atoms with Crippen molar-refractivity contribution in [1.82, 2.24) is 0 Å². The summed E-state index contributed by atoms with van der Waals surface area (Å²) in [4.78, 5) is 0. The van der Waals surface area contributed by atoms with Crippen LogP contribution in [0.1, 0.15) is 0 Å². The molecule has 0 N–H and O–H groups in total. The van der Waals surface area contributed by atoms with E-state index in [-0.39, 0.29) is 0 Å². The fraction of sp³-hybridized carbons (Fsp3) is 0. The molecule has 0 atom stereocenters. The minimum Gasteiger partial charge on any atom is -0.442 e. The molecule has 0 bridgehead atoms. The highest BCUT2D eigenvalue weighted by molar-refractivity contribution is 6.99. The fourth-order valence-electron chi connectivity index (χ4n) is 6.49. The van der Waals surface area contributed by atoms with Crippen molar-refractivity contribution in [3.05, 3.63) is 170 Å². The maximum Gasteiger partial charge on any atom is 0.308 e. The quantitative estimate of drug-likeness (QED) is 0.205. The molecule has 0 fully saturated rings. The summed E-state index contributed by atoms with van der Waals surface area (Å²) in [6.07, 6.45) is 0. The van der Waals surface area contributed by atoms with E-state index in [1.165, 1.54) is 45.5 Å². The molecule has 6 aromatic rings. The molecule has 4 nitrogen and oxygen atoms in total. The number of rotatable bonds is 4. The standard InChI is InChI=1S/C36H28N4Si/c1-5-17-29(18-6-1)37-33-25-13-14-26-34(33)38(30-19-7-2-8-20-30)41(37)39(31-21-9-3-10-22-31)35-27-15-16-28-36(35)40(41)32-23-11-4-12-24-32/h1-28H/q-1. The lowest BCUT2D eigenvalue weighted by molar-refractivity contribution is 1.18. The second-order valence-electron chi connectivity index (χ2n) is 10.3. The van der Waals surface area contributed by atoms with Crippen molar-refractivity contribution in [1.29, 1.82) is 0 Å². The van der Waals surface area contributed by atoms with Gasteiger partial charge in [0.2, 0.25) is 0 Å². The maximum absolute atomic E-state index is 3.23. The van der Waals surface area contributed by atoms with Gasteiger partial charge >= 0.3 is 8.72 Å². The summed E-state index contributed by atoms with van der Waals surface area (Å²) in [5, 5.41) is 0. The van der Waals surface area contributed by atoms with Crippen LogP contribution in [0.3, 0.4) is 0 Å². The Kier molecular flexibility index (Phi) is 5.43. The molecule has 0 saturated heterocycles. The molecule has 0 radical (unpaired) electrons. The molecule has 2 heterocycles. The molecule has 5 heteroatoms. The zero-order chi connectivity index (χ0) is 27.2. The van der Waals surface area contributed by atoms with Gasteiger partial charge in [0.25, 0.3) is 0 Å². The van der Waals surface area contributed by atoms with Crippen molar-refractivity contribution in [2.75, 3.05) is 18.3 Å². The Morgan fingerprint density at radius 3 is 0.659 bits per heavy atom. The van der Waals surface area contributed by atoms with Gasteiger partial charge in [0.05, 0.1) is 0 Å². The van der Waals surface area contributed by atoms with Crippen LogP contribution in [0.5, 0.6) is 0 Å². The van der Waals surface area contributed by atoms with Crippen LogP contribution in [0.25, 0.3) is 0 Å². The minimum absolute atomic E-state index is 1.17. The Morgan fingerprint density at radius 2 is 0.439 bits per heavy atom. The highest BCUT2D eigenvalue weighted by Gasteiger charge is 2.57. The van der Waals surface area contributed by atoms with Crippen molar-refractivity contribution in [3.8, 4) is 0 Å². The van der Waals surface area contributed by atoms with Crippen molar-refractivity contribution >= 4 is 54.2 Å². The van der Waals surface area contributed by atoms with E-state index in [4.69, 9.17) is 0 Å². The molecule has 0 unspecified atom stereocenters. The molecule has 2 aliphatic heterocycles. The molecule has 1 spiro atoms. The van der Waals surface area contributed by atoms with Crippen LogP contribution in [0.2, 0.25) is 0 Å². The van der Waals surface area contributed by atoms with Crippen molar-refractivity contribution in [2.24, 2.45) is 0 Å². The van der Waals surface area contributed by atoms with Gasteiger partial charge in [0.15, 0.2) is 0 Å². The van der Waals surface area contributed by atoms with Gasteiger partial charge in [-0.2, -0.15) is 0 Å². The van der Waals surface area contributed by atoms with Gasteiger partial charge in [-0.05, 0) is 72.8 Å². The number of anilines is 8. The second-order valence-corrected chi connectivity index (χ2v) is 13.3. The third kappa shape index (κ3) is 3.39. The van der Waals surface area contributed by atoms with E-state index in [0.29, 0.717) is 0 Å². The number of nitrogens with zero attached hydrogens (tertiary/aromatic N) is 4. The number of fused-ring (bicyclic) bond motifs is 2. The van der Waals surface area contributed by atoms with Crippen LogP contribution in [-0.2, 0) is 0 Å². The first-order chi connectivity index (χ1) is 20.4. The SMILES string of the molecule is c1ccc(N2c3ccccc3N(c3ccccc3)[Si-]23N(c2ccccc2)c2ccccc2N3c2ccccc2)cc1.